The van der Waals surface area contributed by atoms with E-state index >= 15 is 0 Å². The van der Waals surface area contributed by atoms with Gasteiger partial charge in [-0.2, -0.15) is 0 Å². The van der Waals surface area contributed by atoms with Gasteiger partial charge in [-0.3, -0.25) is 4.79 Å². The van der Waals surface area contributed by atoms with Crippen molar-refractivity contribution in [2.45, 2.75) is 33.4 Å². The average Bonchev–Trinajstić information content (AvgIpc) is 3.78. The van der Waals surface area contributed by atoms with Crippen LogP contribution in [0.1, 0.15) is 54.8 Å². The fourth-order valence-electron chi connectivity index (χ4n) is 4.40. The number of rotatable bonds is 10. The predicted octanol–water partition coefficient (Wildman–Crippen LogP) is 3.90. The Morgan fingerprint density at radius 3 is 1.98 bits per heavy atom. The minimum Gasteiger partial charge on any atom is -0.462 e. The fourth-order valence-corrected chi connectivity index (χ4v) is 4.40. The van der Waals surface area contributed by atoms with Crippen LogP contribution in [0.2, 0.25) is 0 Å². The highest BCUT2D eigenvalue weighted by atomic mass is 16.7. The van der Waals surface area contributed by atoms with Gasteiger partial charge >= 0.3 is 17.9 Å². The number of carbonyl (C=O) groups is 3. The van der Waals surface area contributed by atoms with Crippen molar-refractivity contribution in [2.75, 3.05) is 51.6 Å². The number of anilines is 1. The third-order valence-electron chi connectivity index (χ3n) is 6.45. The summed E-state index contributed by atoms with van der Waals surface area (Å²) in [6, 6.07) is 12.5. The second-order valence-electron chi connectivity index (χ2n) is 9.47. The van der Waals surface area contributed by atoms with E-state index in [-0.39, 0.29) is 36.4 Å². The Morgan fingerprint density at radius 2 is 1.40 bits per heavy atom. The van der Waals surface area contributed by atoms with Gasteiger partial charge in [-0.05, 0) is 45.0 Å². The zero-order valence-corrected chi connectivity index (χ0v) is 25.3. The molecule has 2 saturated heterocycles. The number of carbonyl (C=O) groups excluding carboxylic acids is 3. The highest BCUT2D eigenvalue weighted by Crippen LogP contribution is 2.26. The molecule has 3 aromatic rings. The molecule has 0 unspecified atom stereocenters. The molecule has 0 atom stereocenters. The summed E-state index contributed by atoms with van der Waals surface area (Å²) in [6.45, 7) is 7.81. The molecule has 0 saturated carbocycles. The van der Waals surface area contributed by atoms with Crippen molar-refractivity contribution >= 4 is 34.5 Å². The third-order valence-corrected chi connectivity index (χ3v) is 6.45. The standard InChI is InChI=1S/C17H21NO6.C15H15NO5/c1-3-21-15(19)14(16(20)22-4-2)11-18-13-7-5-6-12(10-13)17-23-8-9-24-17;1-2-19-14(18)11-8-16-12-7-9(15-20-5-6-21-15)3-4-10(12)13(11)17/h5-7,10-11,17-18H,3-4,8-9H2,1-2H3;3-4,7-8,15H,2,5-6H2,1H3,(H,16,17). The van der Waals surface area contributed by atoms with Crippen LogP contribution in [-0.2, 0) is 42.7 Å². The van der Waals surface area contributed by atoms with E-state index in [9.17, 15) is 19.2 Å². The highest BCUT2D eigenvalue weighted by Gasteiger charge is 2.22. The van der Waals surface area contributed by atoms with E-state index in [1.54, 1.807) is 45.0 Å². The summed E-state index contributed by atoms with van der Waals surface area (Å²) in [7, 11) is 0. The first-order chi connectivity index (χ1) is 21.9. The maximum Gasteiger partial charge on any atom is 0.347 e. The Morgan fingerprint density at radius 1 is 0.822 bits per heavy atom. The first-order valence-corrected chi connectivity index (χ1v) is 14.6. The summed E-state index contributed by atoms with van der Waals surface area (Å²) < 4.78 is 36.4. The second kappa shape index (κ2) is 16.5. The molecule has 0 aliphatic carbocycles. The first kappa shape index (κ1) is 33.3. The number of nitrogens with one attached hydrogen (secondary N) is 2. The van der Waals surface area contributed by atoms with Crippen molar-refractivity contribution in [1.82, 2.24) is 4.98 Å². The van der Waals surface area contributed by atoms with E-state index in [1.807, 2.05) is 18.2 Å². The van der Waals surface area contributed by atoms with E-state index in [4.69, 9.17) is 33.2 Å². The molecule has 0 spiro atoms. The molecule has 45 heavy (non-hydrogen) atoms. The molecule has 13 nitrogen and oxygen atoms in total. The molecule has 2 aliphatic heterocycles. The molecule has 240 valence electrons. The van der Waals surface area contributed by atoms with Gasteiger partial charge in [-0.1, -0.05) is 18.2 Å². The molecule has 13 heteroatoms. The zero-order chi connectivity index (χ0) is 32.2. The van der Waals surface area contributed by atoms with Crippen molar-refractivity contribution < 1.29 is 47.5 Å². The van der Waals surface area contributed by atoms with Crippen LogP contribution in [0.3, 0.4) is 0 Å². The number of hydrogen-bond donors (Lipinski definition) is 2. The molecule has 2 fully saturated rings. The molecular weight excluding hydrogens is 588 g/mol. The number of hydrogen-bond acceptors (Lipinski definition) is 12. The number of H-pyrrole nitrogens is 1. The Kier molecular flexibility index (Phi) is 12.2. The monoisotopic (exact) mass is 624 g/mol. The third kappa shape index (κ3) is 8.76. The Balaban J connectivity index is 0.000000206. The largest absolute Gasteiger partial charge is 0.462 e. The molecule has 0 bridgehead atoms. The van der Waals surface area contributed by atoms with E-state index < -0.39 is 30.5 Å². The summed E-state index contributed by atoms with van der Waals surface area (Å²) in [5.41, 5.74) is 2.45. The molecule has 0 amide bonds. The van der Waals surface area contributed by atoms with E-state index in [2.05, 4.69) is 10.3 Å². The number of esters is 3. The number of ether oxygens (including phenoxy) is 7. The lowest BCUT2D eigenvalue weighted by Crippen LogP contribution is -2.19. The summed E-state index contributed by atoms with van der Waals surface area (Å²) >= 11 is 0. The smallest absolute Gasteiger partial charge is 0.347 e. The van der Waals surface area contributed by atoms with Crippen LogP contribution >= 0.6 is 0 Å². The van der Waals surface area contributed by atoms with Crippen LogP contribution < -0.4 is 10.7 Å². The van der Waals surface area contributed by atoms with Gasteiger partial charge in [-0.25, -0.2) is 14.4 Å². The van der Waals surface area contributed by atoms with Crippen molar-refractivity contribution in [3.05, 3.63) is 87.3 Å². The van der Waals surface area contributed by atoms with Crippen LogP contribution in [0.5, 0.6) is 0 Å². The normalized spacial score (nSPS) is 14.7. The van der Waals surface area contributed by atoms with E-state index in [0.717, 1.165) is 11.1 Å². The molecule has 2 N–H and O–H groups in total. The Bertz CT molecular complexity index is 1550. The SMILES string of the molecule is CCOC(=O)C(=CNc1cccc(C2OCCO2)c1)C(=O)OCC.CCOC(=O)c1c[nH]c2cc(C3OCCO3)ccc2c1=O. The Labute approximate surface area is 259 Å². The van der Waals surface area contributed by atoms with Gasteiger partial charge in [0.2, 0.25) is 5.43 Å². The first-order valence-electron chi connectivity index (χ1n) is 14.6. The zero-order valence-electron chi connectivity index (χ0n) is 25.3. The summed E-state index contributed by atoms with van der Waals surface area (Å²) in [4.78, 5) is 50.7. The van der Waals surface area contributed by atoms with Crippen LogP contribution in [0, 0.1) is 0 Å². The number of pyridine rings is 1. The van der Waals surface area contributed by atoms with Gasteiger partial charge in [0.15, 0.2) is 18.2 Å². The average molecular weight is 625 g/mol. The number of benzene rings is 2. The van der Waals surface area contributed by atoms with Crippen molar-refractivity contribution in [3.8, 4) is 0 Å². The van der Waals surface area contributed by atoms with Crippen LogP contribution in [0.25, 0.3) is 10.9 Å². The number of aromatic nitrogens is 1. The Hall–Kier alpha value is -4.56. The van der Waals surface area contributed by atoms with Gasteiger partial charge in [0.25, 0.3) is 0 Å². The van der Waals surface area contributed by atoms with Gasteiger partial charge in [0.1, 0.15) is 5.56 Å². The van der Waals surface area contributed by atoms with Gasteiger partial charge in [0.05, 0.1) is 46.2 Å². The molecular formula is C32H36N2O11. The molecule has 2 aromatic carbocycles. The fraction of sp³-hybridized carbons (Fsp3) is 0.375. The minimum absolute atomic E-state index is 0.00506. The summed E-state index contributed by atoms with van der Waals surface area (Å²) in [5, 5.41) is 3.35. The van der Waals surface area contributed by atoms with Crippen molar-refractivity contribution in [3.63, 3.8) is 0 Å². The number of fused-ring (bicyclic) bond motifs is 1. The van der Waals surface area contributed by atoms with E-state index in [1.165, 1.54) is 12.4 Å². The van der Waals surface area contributed by atoms with Gasteiger partial charge in [-0.15, -0.1) is 0 Å². The second-order valence-corrected chi connectivity index (χ2v) is 9.47. The summed E-state index contributed by atoms with van der Waals surface area (Å²) in [6.07, 6.45) is 1.86. The number of aromatic amines is 1. The molecule has 0 radical (unpaired) electrons. The van der Waals surface area contributed by atoms with Crippen molar-refractivity contribution in [1.29, 1.82) is 0 Å². The predicted molar refractivity (Wildman–Crippen MR) is 161 cm³/mol. The van der Waals surface area contributed by atoms with Crippen LogP contribution in [-0.4, -0.2) is 69.1 Å². The maximum atomic E-state index is 12.3. The van der Waals surface area contributed by atoms with Crippen molar-refractivity contribution in [2.24, 2.45) is 0 Å². The molecule has 2 aliphatic rings. The maximum absolute atomic E-state index is 12.3. The topological polar surface area (TPSA) is 161 Å². The lowest BCUT2D eigenvalue weighted by atomic mass is 10.1. The quantitative estimate of drug-likeness (QED) is 0.110. The van der Waals surface area contributed by atoms with Crippen LogP contribution in [0.15, 0.2) is 65.2 Å². The van der Waals surface area contributed by atoms with Gasteiger partial charge in [0, 0.05) is 40.1 Å². The lowest BCUT2D eigenvalue weighted by molar-refractivity contribution is -0.146. The van der Waals surface area contributed by atoms with Crippen LogP contribution in [0.4, 0.5) is 5.69 Å². The lowest BCUT2D eigenvalue weighted by Gasteiger charge is -2.11. The highest BCUT2D eigenvalue weighted by molar-refractivity contribution is 6.14. The summed E-state index contributed by atoms with van der Waals surface area (Å²) in [5.74, 6) is -2.09. The van der Waals surface area contributed by atoms with Gasteiger partial charge < -0.3 is 43.5 Å². The molecule has 5 rings (SSSR count). The molecule has 3 heterocycles. The van der Waals surface area contributed by atoms with E-state index in [0.29, 0.717) is 43.0 Å². The minimum atomic E-state index is -0.734. The molecule has 1 aromatic heterocycles.